The van der Waals surface area contributed by atoms with Gasteiger partial charge in [-0.25, -0.2) is 4.98 Å². The Balaban J connectivity index is 1.18. The minimum Gasteiger partial charge on any atom is -0.496 e. The highest BCUT2D eigenvalue weighted by atomic mass is 16.5. The number of benzene rings is 2. The summed E-state index contributed by atoms with van der Waals surface area (Å²) in [6.07, 6.45) is 5.00. The minimum atomic E-state index is -0.663. The van der Waals surface area contributed by atoms with Gasteiger partial charge in [-0.05, 0) is 60.4 Å². The average molecular weight is 623 g/mol. The zero-order valence-corrected chi connectivity index (χ0v) is 25.9. The van der Waals surface area contributed by atoms with Crippen molar-refractivity contribution in [3.63, 3.8) is 0 Å². The van der Waals surface area contributed by atoms with Crippen LogP contribution in [0.5, 0.6) is 11.5 Å². The summed E-state index contributed by atoms with van der Waals surface area (Å²) in [5.74, 6) is 1.14. The molecule has 1 unspecified atom stereocenters. The van der Waals surface area contributed by atoms with E-state index >= 15 is 0 Å². The molecule has 2 saturated heterocycles. The van der Waals surface area contributed by atoms with E-state index in [0.29, 0.717) is 42.0 Å². The molecule has 3 aliphatic rings. The second-order valence-electron chi connectivity index (χ2n) is 11.9. The summed E-state index contributed by atoms with van der Waals surface area (Å²) < 4.78 is 11.8. The fourth-order valence-corrected chi connectivity index (χ4v) is 6.52. The highest BCUT2D eigenvalue weighted by molar-refractivity contribution is 6.05. The van der Waals surface area contributed by atoms with Crippen molar-refractivity contribution in [1.29, 1.82) is 0 Å². The quantitative estimate of drug-likeness (QED) is 0.284. The number of fused-ring (bicyclic) bond motifs is 2. The Morgan fingerprint density at radius 1 is 0.978 bits per heavy atom. The van der Waals surface area contributed by atoms with Gasteiger partial charge in [0.25, 0.3) is 11.5 Å². The van der Waals surface area contributed by atoms with Crippen LogP contribution >= 0.6 is 0 Å². The number of hydrogen-bond acceptors (Lipinski definition) is 9. The predicted octanol–water partition coefficient (Wildman–Crippen LogP) is 3.21. The van der Waals surface area contributed by atoms with Gasteiger partial charge in [0.2, 0.25) is 11.8 Å². The second-order valence-corrected chi connectivity index (χ2v) is 11.9. The number of nitrogens with one attached hydrogen (secondary N) is 2. The predicted molar refractivity (Wildman–Crippen MR) is 172 cm³/mol. The number of imide groups is 1. The number of ether oxygens (including phenoxy) is 2. The normalized spacial score (nSPS) is 17.5. The Bertz CT molecular complexity index is 1940. The molecule has 12 nitrogen and oxygen atoms in total. The van der Waals surface area contributed by atoms with Crippen LogP contribution in [0.15, 0.2) is 53.6 Å². The monoisotopic (exact) mass is 622 g/mol. The molecule has 2 fully saturated rings. The lowest BCUT2D eigenvalue weighted by atomic mass is 9.98. The SMILES string of the molecule is COc1cc(-c2c[nH]c(=O)c3cnc(N4CCC4)cc23)cc(OC)c1CN(C)c1ccc2c(c1)CN(C1CCC(=O)NC1=O)C2=O. The molecule has 0 radical (unpaired) electrons. The fourth-order valence-electron chi connectivity index (χ4n) is 6.52. The van der Waals surface area contributed by atoms with Crippen molar-refractivity contribution < 1.29 is 23.9 Å². The van der Waals surface area contributed by atoms with Gasteiger partial charge in [0, 0.05) is 74.2 Å². The summed E-state index contributed by atoms with van der Waals surface area (Å²) in [5, 5.41) is 3.65. The van der Waals surface area contributed by atoms with Gasteiger partial charge in [-0.1, -0.05) is 0 Å². The third-order valence-electron chi connectivity index (χ3n) is 9.21. The largest absolute Gasteiger partial charge is 0.496 e. The molecule has 4 aromatic rings. The maximum Gasteiger partial charge on any atom is 0.257 e. The number of H-pyrrole nitrogens is 1. The van der Waals surface area contributed by atoms with Crippen LogP contribution < -0.4 is 30.1 Å². The molecule has 0 spiro atoms. The van der Waals surface area contributed by atoms with Crippen LogP contribution in [0.2, 0.25) is 0 Å². The van der Waals surface area contributed by atoms with E-state index in [1.807, 2.05) is 42.3 Å². The first-order chi connectivity index (χ1) is 22.2. The summed E-state index contributed by atoms with van der Waals surface area (Å²) >= 11 is 0. The first-order valence-corrected chi connectivity index (χ1v) is 15.3. The van der Waals surface area contributed by atoms with Gasteiger partial charge in [0.15, 0.2) is 0 Å². The number of hydrogen-bond donors (Lipinski definition) is 2. The van der Waals surface area contributed by atoms with E-state index in [9.17, 15) is 19.2 Å². The number of methoxy groups -OCH3 is 2. The Hall–Kier alpha value is -5.39. The first-order valence-electron chi connectivity index (χ1n) is 15.3. The van der Waals surface area contributed by atoms with Crippen LogP contribution in [-0.4, -0.2) is 73.0 Å². The maximum absolute atomic E-state index is 13.2. The number of piperidine rings is 1. The molecular formula is C34H34N6O6. The van der Waals surface area contributed by atoms with Crippen LogP contribution in [0.3, 0.4) is 0 Å². The molecule has 236 valence electrons. The van der Waals surface area contributed by atoms with E-state index in [1.54, 1.807) is 37.6 Å². The number of pyridine rings is 2. The second kappa shape index (κ2) is 11.5. The highest BCUT2D eigenvalue weighted by Crippen LogP contribution is 2.39. The first kappa shape index (κ1) is 29.3. The molecule has 0 saturated carbocycles. The average Bonchev–Trinajstić information content (AvgIpc) is 3.35. The molecule has 3 amide bonds. The van der Waals surface area contributed by atoms with Crippen molar-refractivity contribution in [2.45, 2.75) is 38.4 Å². The molecule has 3 aliphatic heterocycles. The van der Waals surface area contributed by atoms with Crippen LogP contribution in [0.1, 0.15) is 40.7 Å². The van der Waals surface area contributed by atoms with Crippen molar-refractivity contribution >= 4 is 40.0 Å². The van der Waals surface area contributed by atoms with Crippen molar-refractivity contribution in [3.05, 3.63) is 75.8 Å². The molecule has 0 aliphatic carbocycles. The Kier molecular flexibility index (Phi) is 7.34. The summed E-state index contributed by atoms with van der Waals surface area (Å²) in [7, 11) is 5.18. The number of aromatic nitrogens is 2. The highest BCUT2D eigenvalue weighted by Gasteiger charge is 2.39. The number of carbonyl (C=O) groups excluding carboxylic acids is 3. The van der Waals surface area contributed by atoms with Gasteiger partial charge < -0.3 is 29.2 Å². The minimum absolute atomic E-state index is 0.199. The van der Waals surface area contributed by atoms with Crippen LogP contribution in [0.4, 0.5) is 11.5 Å². The van der Waals surface area contributed by atoms with E-state index < -0.39 is 11.9 Å². The molecule has 46 heavy (non-hydrogen) atoms. The van der Waals surface area contributed by atoms with E-state index in [4.69, 9.17) is 9.47 Å². The molecule has 2 aromatic heterocycles. The summed E-state index contributed by atoms with van der Waals surface area (Å²) in [4.78, 5) is 63.1. The molecule has 12 heteroatoms. The zero-order valence-electron chi connectivity index (χ0n) is 25.9. The van der Waals surface area contributed by atoms with Crippen molar-refractivity contribution in [1.82, 2.24) is 20.2 Å². The maximum atomic E-state index is 13.2. The zero-order chi connectivity index (χ0) is 32.1. The lowest BCUT2D eigenvalue weighted by molar-refractivity contribution is -0.136. The fraction of sp³-hybridized carbons (Fsp3) is 0.324. The molecule has 5 heterocycles. The third kappa shape index (κ3) is 4.99. The molecule has 7 rings (SSSR count). The van der Waals surface area contributed by atoms with Gasteiger partial charge in [-0.15, -0.1) is 0 Å². The Morgan fingerprint density at radius 2 is 1.74 bits per heavy atom. The van der Waals surface area contributed by atoms with Crippen LogP contribution in [-0.2, 0) is 22.7 Å². The molecule has 2 aromatic carbocycles. The molecule has 1 atom stereocenters. The lowest BCUT2D eigenvalue weighted by Crippen LogP contribution is -2.52. The van der Waals surface area contributed by atoms with Gasteiger partial charge in [0.1, 0.15) is 23.4 Å². The van der Waals surface area contributed by atoms with Gasteiger partial charge in [0.05, 0.1) is 25.2 Å². The van der Waals surface area contributed by atoms with E-state index in [1.165, 1.54) is 0 Å². The van der Waals surface area contributed by atoms with Gasteiger partial charge >= 0.3 is 0 Å². The van der Waals surface area contributed by atoms with Gasteiger partial charge in [-0.3, -0.25) is 24.5 Å². The summed E-state index contributed by atoms with van der Waals surface area (Å²) in [6, 6.07) is 10.8. The van der Waals surface area contributed by atoms with Crippen LogP contribution in [0.25, 0.3) is 21.9 Å². The van der Waals surface area contributed by atoms with Crippen LogP contribution in [0, 0.1) is 0 Å². The topological polar surface area (TPSA) is 137 Å². The smallest absolute Gasteiger partial charge is 0.257 e. The van der Waals surface area contributed by atoms with Crippen molar-refractivity contribution in [2.24, 2.45) is 0 Å². The number of nitrogens with zero attached hydrogens (tertiary/aromatic N) is 4. The standard InChI is InChI=1S/C34H34N6O6/c1-38(21-5-6-22-20(11-21)17-40(34(22)44)27-7-8-31(41)37-33(27)43)18-26-28(45-2)12-19(13-29(26)46-3)24-15-36-32(42)25-16-35-30(14-23(24)25)39-9-4-10-39/h5-6,11-16,27H,4,7-10,17-18H2,1-3H3,(H,36,42)(H,37,41,43). The van der Waals surface area contributed by atoms with E-state index in [0.717, 1.165) is 58.7 Å². The Labute approximate surface area is 264 Å². The number of aromatic amines is 1. The molecule has 0 bridgehead atoms. The number of anilines is 2. The van der Waals surface area contributed by atoms with Crippen molar-refractivity contribution in [2.75, 3.05) is 44.2 Å². The van der Waals surface area contributed by atoms with E-state index in [2.05, 4.69) is 20.2 Å². The van der Waals surface area contributed by atoms with Gasteiger partial charge in [-0.2, -0.15) is 0 Å². The lowest BCUT2D eigenvalue weighted by Gasteiger charge is -2.32. The molecular weight excluding hydrogens is 588 g/mol. The summed E-state index contributed by atoms with van der Waals surface area (Å²) in [5.41, 5.74) is 4.55. The number of rotatable bonds is 8. The number of carbonyl (C=O) groups is 3. The van der Waals surface area contributed by atoms with Crippen molar-refractivity contribution in [3.8, 4) is 22.6 Å². The molecule has 2 N–H and O–H groups in total. The Morgan fingerprint density at radius 3 is 2.41 bits per heavy atom. The number of amides is 3. The summed E-state index contributed by atoms with van der Waals surface area (Å²) in [6.45, 7) is 2.62. The third-order valence-corrected chi connectivity index (χ3v) is 9.21. The van der Waals surface area contributed by atoms with E-state index in [-0.39, 0.29) is 23.8 Å².